The molecule has 1 amide bonds. The number of amides is 1. The second-order valence-corrected chi connectivity index (χ2v) is 5.05. The van der Waals surface area contributed by atoms with E-state index in [2.05, 4.69) is 15.5 Å². The number of nitrogens with zero attached hydrogens (tertiary/aromatic N) is 3. The van der Waals surface area contributed by atoms with Crippen molar-refractivity contribution in [3.63, 3.8) is 0 Å². The molecule has 8 heteroatoms. The van der Waals surface area contributed by atoms with Gasteiger partial charge in [-0.3, -0.25) is 14.9 Å². The van der Waals surface area contributed by atoms with Gasteiger partial charge in [0.05, 0.1) is 10.2 Å². The first-order valence-corrected chi connectivity index (χ1v) is 6.27. The average molecular weight is 278 g/mol. The first kappa shape index (κ1) is 13.2. The predicted molar refractivity (Wildman–Crippen MR) is 73.3 cm³/mol. The zero-order valence-corrected chi connectivity index (χ0v) is 10.8. The van der Waals surface area contributed by atoms with Crippen LogP contribution in [0.4, 0.5) is 5.69 Å². The number of amidine groups is 1. The Morgan fingerprint density at radius 2 is 2.16 bits per heavy atom. The van der Waals surface area contributed by atoms with E-state index in [0.29, 0.717) is 5.17 Å². The summed E-state index contributed by atoms with van der Waals surface area (Å²) in [5.41, 5.74) is 3.12. The van der Waals surface area contributed by atoms with Crippen LogP contribution in [0.25, 0.3) is 0 Å². The van der Waals surface area contributed by atoms with Gasteiger partial charge in [0.15, 0.2) is 0 Å². The molecule has 7 nitrogen and oxygen atoms in total. The zero-order valence-electron chi connectivity index (χ0n) is 9.94. The van der Waals surface area contributed by atoms with Gasteiger partial charge in [-0.2, -0.15) is 0 Å². The van der Waals surface area contributed by atoms with Crippen molar-refractivity contribution in [3.8, 4) is 0 Å². The largest absolute Gasteiger partial charge is 0.272 e. The summed E-state index contributed by atoms with van der Waals surface area (Å²) < 4.78 is 0. The van der Waals surface area contributed by atoms with E-state index in [0.717, 1.165) is 5.56 Å². The minimum Gasteiger partial charge on any atom is -0.272 e. The molecule has 0 fully saturated rings. The first-order valence-electron chi connectivity index (χ1n) is 5.39. The molecule has 1 atom stereocenters. The van der Waals surface area contributed by atoms with Crippen LogP contribution in [0.1, 0.15) is 12.5 Å². The number of hydrazone groups is 1. The van der Waals surface area contributed by atoms with E-state index < -0.39 is 4.92 Å². The second kappa shape index (κ2) is 5.61. The Labute approximate surface area is 112 Å². The molecule has 0 bridgehead atoms. The zero-order chi connectivity index (χ0) is 13.8. The van der Waals surface area contributed by atoms with Crippen LogP contribution in [0.3, 0.4) is 0 Å². The number of hydrogen-bond acceptors (Lipinski definition) is 6. The molecule has 19 heavy (non-hydrogen) atoms. The number of carbonyl (C=O) groups excluding carboxylic acids is 1. The predicted octanol–water partition coefficient (Wildman–Crippen LogP) is 1.54. The van der Waals surface area contributed by atoms with E-state index in [4.69, 9.17) is 0 Å². The molecule has 1 aromatic rings. The van der Waals surface area contributed by atoms with Crippen molar-refractivity contribution in [2.24, 2.45) is 10.1 Å². The lowest BCUT2D eigenvalue weighted by molar-refractivity contribution is -0.384. The quantitative estimate of drug-likeness (QED) is 0.504. The minimum absolute atomic E-state index is 0.0300. The van der Waals surface area contributed by atoms with Crippen molar-refractivity contribution in [2.75, 3.05) is 0 Å². The summed E-state index contributed by atoms with van der Waals surface area (Å²) in [5, 5.41) is 14.5. The summed E-state index contributed by atoms with van der Waals surface area (Å²) in [7, 11) is 0. The summed E-state index contributed by atoms with van der Waals surface area (Å²) in [6.07, 6.45) is 1.54. The van der Waals surface area contributed by atoms with Crippen molar-refractivity contribution < 1.29 is 9.72 Å². The highest BCUT2D eigenvalue weighted by atomic mass is 32.2. The Morgan fingerprint density at radius 1 is 1.47 bits per heavy atom. The van der Waals surface area contributed by atoms with Gasteiger partial charge in [0.25, 0.3) is 11.6 Å². The number of rotatable bonds is 2. The maximum Gasteiger partial charge on any atom is 0.269 e. The highest BCUT2D eigenvalue weighted by Crippen LogP contribution is 2.17. The molecule has 1 heterocycles. The molecule has 1 aliphatic heterocycles. The Kier molecular flexibility index (Phi) is 3.91. The van der Waals surface area contributed by atoms with E-state index >= 15 is 0 Å². The molecule has 0 aliphatic carbocycles. The summed E-state index contributed by atoms with van der Waals surface area (Å²) in [4.78, 5) is 25.3. The van der Waals surface area contributed by atoms with Gasteiger partial charge in [0.2, 0.25) is 5.17 Å². The fraction of sp³-hybridized carbons (Fsp3) is 0.182. The van der Waals surface area contributed by atoms with Crippen molar-refractivity contribution in [1.29, 1.82) is 0 Å². The number of aliphatic imine (C=N–C) groups is 1. The van der Waals surface area contributed by atoms with Crippen molar-refractivity contribution >= 4 is 34.7 Å². The van der Waals surface area contributed by atoms with Crippen LogP contribution in [0.5, 0.6) is 0 Å². The molecule has 0 radical (unpaired) electrons. The van der Waals surface area contributed by atoms with Gasteiger partial charge in [-0.15, -0.1) is 5.10 Å². The van der Waals surface area contributed by atoms with Crippen LogP contribution >= 0.6 is 11.8 Å². The number of nitro groups is 1. The number of nitro benzene ring substituents is 1. The standard InChI is InChI=1S/C11H10N4O3S/c1-7-10(16)13-14-11(19-7)12-6-8-2-4-9(5-3-8)15(17)18/h2-7H,1H3,(H,13,16)/t7-/m0/s1. The topological polar surface area (TPSA) is 97.0 Å². The fourth-order valence-corrected chi connectivity index (χ4v) is 1.99. The molecule has 0 saturated carbocycles. The summed E-state index contributed by atoms with van der Waals surface area (Å²) in [6.45, 7) is 1.76. The molecule has 1 aromatic carbocycles. The van der Waals surface area contributed by atoms with Gasteiger partial charge in [-0.1, -0.05) is 11.8 Å². The molecule has 1 aliphatic rings. The second-order valence-electron chi connectivity index (χ2n) is 3.74. The number of thioether (sulfide) groups is 1. The number of carbonyl (C=O) groups is 1. The van der Waals surface area contributed by atoms with Crippen LogP contribution < -0.4 is 5.43 Å². The Hall–Kier alpha value is -2.22. The van der Waals surface area contributed by atoms with Crippen molar-refractivity contribution in [2.45, 2.75) is 12.2 Å². The molecule has 0 spiro atoms. The van der Waals surface area contributed by atoms with Gasteiger partial charge in [-0.05, 0) is 24.6 Å². The van der Waals surface area contributed by atoms with E-state index in [1.54, 1.807) is 25.3 Å². The summed E-state index contributed by atoms with van der Waals surface area (Å²) in [6, 6.07) is 6.00. The van der Waals surface area contributed by atoms with E-state index in [-0.39, 0.29) is 16.8 Å². The number of hydrogen-bond donors (Lipinski definition) is 1. The third kappa shape index (κ3) is 3.38. The van der Waals surface area contributed by atoms with Crippen molar-refractivity contribution in [3.05, 3.63) is 39.9 Å². The Balaban J connectivity index is 2.06. The number of non-ortho nitro benzene ring substituents is 1. The van der Waals surface area contributed by atoms with Crippen LogP contribution in [-0.4, -0.2) is 27.5 Å². The van der Waals surface area contributed by atoms with Crippen LogP contribution in [0, 0.1) is 10.1 Å². The fourth-order valence-electron chi connectivity index (χ4n) is 1.30. The van der Waals surface area contributed by atoms with Gasteiger partial charge in [0, 0.05) is 18.3 Å². The molecule has 1 N–H and O–H groups in total. The lowest BCUT2D eigenvalue weighted by atomic mass is 10.2. The maximum absolute atomic E-state index is 11.2. The SMILES string of the molecule is C[C@@H]1SC(N=Cc2ccc([N+](=O)[O-])cc2)=NNC1=O. The smallest absolute Gasteiger partial charge is 0.269 e. The van der Waals surface area contributed by atoms with E-state index in [9.17, 15) is 14.9 Å². The van der Waals surface area contributed by atoms with Crippen molar-refractivity contribution in [1.82, 2.24) is 5.43 Å². The van der Waals surface area contributed by atoms with Gasteiger partial charge >= 0.3 is 0 Å². The molecule has 98 valence electrons. The van der Waals surface area contributed by atoms with E-state index in [1.165, 1.54) is 23.9 Å². The first-order chi connectivity index (χ1) is 9.06. The highest BCUT2D eigenvalue weighted by Gasteiger charge is 2.20. The van der Waals surface area contributed by atoms with Gasteiger partial charge < -0.3 is 0 Å². The lowest BCUT2D eigenvalue weighted by Gasteiger charge is -2.13. The number of nitrogens with one attached hydrogen (secondary N) is 1. The maximum atomic E-state index is 11.2. The van der Waals surface area contributed by atoms with Gasteiger partial charge in [-0.25, -0.2) is 10.4 Å². The van der Waals surface area contributed by atoms with Crippen LogP contribution in [0.2, 0.25) is 0 Å². The van der Waals surface area contributed by atoms with Gasteiger partial charge in [0.1, 0.15) is 0 Å². The third-order valence-electron chi connectivity index (χ3n) is 2.34. The lowest BCUT2D eigenvalue weighted by Crippen LogP contribution is -2.32. The molecule has 0 unspecified atom stereocenters. The molecule has 0 aromatic heterocycles. The minimum atomic E-state index is -0.459. The monoisotopic (exact) mass is 278 g/mol. The normalized spacial score (nSPS) is 19.1. The summed E-state index contributed by atoms with van der Waals surface area (Å²) in [5.74, 6) is -0.153. The molecular weight excluding hydrogens is 268 g/mol. The van der Waals surface area contributed by atoms with Crippen LogP contribution in [0.15, 0.2) is 34.4 Å². The Morgan fingerprint density at radius 3 is 2.74 bits per heavy atom. The van der Waals surface area contributed by atoms with Crippen LogP contribution in [-0.2, 0) is 4.79 Å². The third-order valence-corrected chi connectivity index (χ3v) is 3.32. The average Bonchev–Trinajstić information content (AvgIpc) is 2.40. The highest BCUT2D eigenvalue weighted by molar-refractivity contribution is 8.15. The molecule has 0 saturated heterocycles. The molecule has 2 rings (SSSR count). The Bertz CT molecular complexity index is 568. The molecular formula is C11H10N4O3S. The number of benzene rings is 1. The summed E-state index contributed by atoms with van der Waals surface area (Å²) >= 11 is 1.25. The van der Waals surface area contributed by atoms with E-state index in [1.807, 2.05) is 0 Å².